The Bertz CT molecular complexity index is 1080. The van der Waals surface area contributed by atoms with Gasteiger partial charge in [-0.15, -0.1) is 11.3 Å². The van der Waals surface area contributed by atoms with Gasteiger partial charge < -0.3 is 14.7 Å². The number of nitrogens with one attached hydrogen (secondary N) is 1. The van der Waals surface area contributed by atoms with Crippen molar-refractivity contribution in [3.63, 3.8) is 0 Å². The third-order valence-electron chi connectivity index (χ3n) is 4.70. The van der Waals surface area contributed by atoms with Crippen molar-refractivity contribution in [1.29, 1.82) is 5.41 Å². The van der Waals surface area contributed by atoms with E-state index in [1.165, 1.54) is 11.3 Å². The molecule has 142 valence electrons. The molecular formula is C22H21N3O2S. The highest BCUT2D eigenvalue weighted by atomic mass is 32.1. The van der Waals surface area contributed by atoms with E-state index in [9.17, 15) is 5.11 Å². The number of aryl methyl sites for hydroxylation is 2. The second kappa shape index (κ2) is 7.13. The number of aliphatic hydroxyl groups is 1. The molecule has 28 heavy (non-hydrogen) atoms. The number of thiazole rings is 1. The minimum atomic E-state index is 0.177. The molecule has 0 radical (unpaired) electrons. The van der Waals surface area contributed by atoms with Crippen LogP contribution in [0.5, 0.6) is 5.75 Å². The Morgan fingerprint density at radius 3 is 2.61 bits per heavy atom. The third-order valence-corrected chi connectivity index (χ3v) is 5.56. The van der Waals surface area contributed by atoms with Gasteiger partial charge in [-0.3, -0.25) is 5.41 Å². The number of aliphatic hydroxyl groups excluding tert-OH is 1. The Morgan fingerprint density at radius 1 is 1.14 bits per heavy atom. The van der Waals surface area contributed by atoms with Crippen molar-refractivity contribution in [2.75, 3.05) is 18.6 Å². The van der Waals surface area contributed by atoms with Crippen molar-refractivity contribution >= 4 is 28.4 Å². The van der Waals surface area contributed by atoms with Crippen LogP contribution in [0.1, 0.15) is 16.1 Å². The topological polar surface area (TPSA) is 69.4 Å². The van der Waals surface area contributed by atoms with Crippen LogP contribution in [0.3, 0.4) is 0 Å². The highest BCUT2D eigenvalue weighted by Crippen LogP contribution is 2.35. The van der Waals surface area contributed by atoms with Crippen LogP contribution in [0.25, 0.3) is 16.8 Å². The maximum Gasteiger partial charge on any atom is 0.139 e. The molecule has 5 nitrogen and oxygen atoms in total. The van der Waals surface area contributed by atoms with Gasteiger partial charge in [-0.2, -0.15) is 0 Å². The number of hydrogen-bond donors (Lipinski definition) is 2. The number of rotatable bonds is 4. The minimum absolute atomic E-state index is 0.177. The van der Waals surface area contributed by atoms with Crippen molar-refractivity contribution in [3.05, 3.63) is 69.7 Å². The lowest BCUT2D eigenvalue weighted by Crippen LogP contribution is -2.26. The molecule has 2 aromatic carbocycles. The highest BCUT2D eigenvalue weighted by molar-refractivity contribution is 7.11. The van der Waals surface area contributed by atoms with Crippen molar-refractivity contribution in [2.45, 2.75) is 13.8 Å². The van der Waals surface area contributed by atoms with Crippen LogP contribution < -0.4 is 9.64 Å². The summed E-state index contributed by atoms with van der Waals surface area (Å²) in [4.78, 5) is 6.50. The molecule has 6 heteroatoms. The van der Waals surface area contributed by atoms with Crippen LogP contribution in [0.4, 0.5) is 5.69 Å². The summed E-state index contributed by atoms with van der Waals surface area (Å²) in [6, 6.07) is 13.9. The molecule has 1 aliphatic heterocycles. The molecule has 4 rings (SSSR count). The summed E-state index contributed by atoms with van der Waals surface area (Å²) in [5.41, 5.74) is 5.41. The smallest absolute Gasteiger partial charge is 0.139 e. The van der Waals surface area contributed by atoms with Crippen molar-refractivity contribution < 1.29 is 9.84 Å². The summed E-state index contributed by atoms with van der Waals surface area (Å²) < 4.78 is 5.28. The molecule has 0 aliphatic carbocycles. The number of ether oxygens (including phenoxy) is 1. The molecule has 0 amide bonds. The van der Waals surface area contributed by atoms with Gasteiger partial charge in [-0.1, -0.05) is 18.2 Å². The standard InChI is InChI=1S/C22H21N3O2S/c1-13-7-14(2)9-16(8-13)25-11-19(26)20(21(25)23)22-24-18(12-28-22)15-5-4-6-17(10-15)27-3/h4-10,12,23,26H,11H2,1-3H3. The molecule has 0 saturated heterocycles. The molecule has 1 aromatic heterocycles. The van der Waals surface area contributed by atoms with Gasteiger partial charge in [-0.05, 0) is 49.2 Å². The number of methoxy groups -OCH3 is 1. The summed E-state index contributed by atoms with van der Waals surface area (Å²) in [6.45, 7) is 4.35. The maximum atomic E-state index is 10.6. The van der Waals surface area contributed by atoms with E-state index in [0.717, 1.165) is 33.8 Å². The van der Waals surface area contributed by atoms with Crippen LogP contribution in [-0.2, 0) is 0 Å². The van der Waals surface area contributed by atoms with Gasteiger partial charge in [-0.25, -0.2) is 4.98 Å². The summed E-state index contributed by atoms with van der Waals surface area (Å²) >= 11 is 1.43. The van der Waals surface area contributed by atoms with Crippen molar-refractivity contribution in [2.24, 2.45) is 0 Å². The summed E-state index contributed by atoms with van der Waals surface area (Å²) in [7, 11) is 1.63. The van der Waals surface area contributed by atoms with E-state index >= 15 is 0 Å². The average molecular weight is 391 g/mol. The zero-order valence-electron chi connectivity index (χ0n) is 16.0. The Labute approximate surface area is 168 Å². The van der Waals surface area contributed by atoms with E-state index in [0.29, 0.717) is 10.6 Å². The number of benzene rings is 2. The van der Waals surface area contributed by atoms with Gasteiger partial charge >= 0.3 is 0 Å². The van der Waals surface area contributed by atoms with Gasteiger partial charge in [0.1, 0.15) is 22.4 Å². The molecule has 0 fully saturated rings. The fourth-order valence-electron chi connectivity index (χ4n) is 3.43. The molecule has 2 N–H and O–H groups in total. The molecule has 0 saturated carbocycles. The summed E-state index contributed by atoms with van der Waals surface area (Å²) in [5, 5.41) is 21.8. The molecular weight excluding hydrogens is 370 g/mol. The summed E-state index contributed by atoms with van der Waals surface area (Å²) in [6.07, 6.45) is 0. The van der Waals surface area contributed by atoms with Gasteiger partial charge in [0, 0.05) is 16.6 Å². The quantitative estimate of drug-likeness (QED) is 0.641. The van der Waals surface area contributed by atoms with Crippen LogP contribution >= 0.6 is 11.3 Å². The van der Waals surface area contributed by atoms with Gasteiger partial charge in [0.05, 0.1) is 24.9 Å². The first-order chi connectivity index (χ1) is 13.5. The van der Waals surface area contributed by atoms with Crippen molar-refractivity contribution in [1.82, 2.24) is 4.98 Å². The van der Waals surface area contributed by atoms with Crippen LogP contribution in [0.2, 0.25) is 0 Å². The number of amidine groups is 1. The monoisotopic (exact) mass is 391 g/mol. The first-order valence-electron chi connectivity index (χ1n) is 8.93. The molecule has 0 atom stereocenters. The Hall–Kier alpha value is -3.12. The van der Waals surface area contributed by atoms with E-state index in [2.05, 4.69) is 11.1 Å². The number of hydrogen-bond acceptors (Lipinski definition) is 5. The Kier molecular flexibility index (Phi) is 4.65. The van der Waals surface area contributed by atoms with E-state index in [1.54, 1.807) is 7.11 Å². The Morgan fingerprint density at radius 2 is 1.89 bits per heavy atom. The minimum Gasteiger partial charge on any atom is -0.510 e. The third kappa shape index (κ3) is 3.27. The van der Waals surface area contributed by atoms with Gasteiger partial charge in [0.25, 0.3) is 0 Å². The predicted octanol–water partition coefficient (Wildman–Crippen LogP) is 5.20. The Balaban J connectivity index is 1.65. The van der Waals surface area contributed by atoms with Gasteiger partial charge in [0.15, 0.2) is 0 Å². The fraction of sp³-hybridized carbons (Fsp3) is 0.182. The number of anilines is 1. The van der Waals surface area contributed by atoms with E-state index < -0.39 is 0 Å². The van der Waals surface area contributed by atoms with E-state index in [1.807, 2.05) is 60.5 Å². The summed E-state index contributed by atoms with van der Waals surface area (Å²) in [5.74, 6) is 1.22. The van der Waals surface area contributed by atoms with Gasteiger partial charge in [0.2, 0.25) is 0 Å². The SMILES string of the molecule is COc1cccc(-c2csc(C3=C(O)CN(c4cc(C)cc(C)c4)C3=N)n2)c1. The lowest BCUT2D eigenvalue weighted by Gasteiger charge is -2.19. The molecule has 0 spiro atoms. The number of nitrogens with zero attached hydrogens (tertiary/aromatic N) is 2. The predicted molar refractivity (Wildman–Crippen MR) is 115 cm³/mol. The molecule has 3 aromatic rings. The molecule has 2 heterocycles. The maximum absolute atomic E-state index is 10.6. The largest absolute Gasteiger partial charge is 0.510 e. The number of aromatic nitrogens is 1. The normalized spacial score (nSPS) is 14.1. The molecule has 0 bridgehead atoms. The van der Waals surface area contributed by atoms with E-state index in [4.69, 9.17) is 10.1 Å². The first kappa shape index (κ1) is 18.3. The zero-order valence-corrected chi connectivity index (χ0v) is 16.8. The fourth-order valence-corrected chi connectivity index (χ4v) is 4.33. The first-order valence-corrected chi connectivity index (χ1v) is 9.81. The molecule has 0 unspecified atom stereocenters. The lowest BCUT2D eigenvalue weighted by atomic mass is 10.1. The molecule has 1 aliphatic rings. The van der Waals surface area contributed by atoms with E-state index in [-0.39, 0.29) is 18.1 Å². The van der Waals surface area contributed by atoms with Crippen LogP contribution in [-0.4, -0.2) is 29.6 Å². The van der Waals surface area contributed by atoms with Crippen LogP contribution in [0, 0.1) is 19.3 Å². The second-order valence-corrected chi connectivity index (χ2v) is 7.73. The average Bonchev–Trinajstić information content (AvgIpc) is 3.25. The zero-order chi connectivity index (χ0) is 19.8. The van der Waals surface area contributed by atoms with Crippen molar-refractivity contribution in [3.8, 4) is 17.0 Å². The second-order valence-electron chi connectivity index (χ2n) is 6.87. The lowest BCUT2D eigenvalue weighted by molar-refractivity contribution is 0.411. The highest BCUT2D eigenvalue weighted by Gasteiger charge is 2.31. The van der Waals surface area contributed by atoms with Crippen LogP contribution in [0.15, 0.2) is 53.6 Å².